The van der Waals surface area contributed by atoms with Crippen LogP contribution >= 0.6 is 11.3 Å². The van der Waals surface area contributed by atoms with Crippen LogP contribution in [0.2, 0.25) is 0 Å². The fourth-order valence-corrected chi connectivity index (χ4v) is 4.49. The van der Waals surface area contributed by atoms with Gasteiger partial charge in [0, 0.05) is 6.54 Å². The number of para-hydroxylation sites is 1. The molecule has 2 heterocycles. The first kappa shape index (κ1) is 20.9. The van der Waals surface area contributed by atoms with E-state index < -0.39 is 6.09 Å². The highest BCUT2D eigenvalue weighted by atomic mass is 32.1. The van der Waals surface area contributed by atoms with E-state index in [1.807, 2.05) is 56.3 Å². The standard InChI is InChI=1S/C23H24N4O3S/c1-5-27-15(3)25-18-12-16(10-11-19(18)27)13-30-23(28)26-21-14(2)24-22(31-21)17-8-6-7-9-20(17)29-4/h6-12H,5,13H2,1-4H3,(H,26,28). The van der Waals surface area contributed by atoms with Gasteiger partial charge in [-0.1, -0.05) is 29.5 Å². The third kappa shape index (κ3) is 4.25. The second-order valence-corrected chi connectivity index (χ2v) is 8.06. The first-order valence-electron chi connectivity index (χ1n) is 10.0. The van der Waals surface area contributed by atoms with Crippen LogP contribution in [0.4, 0.5) is 9.80 Å². The van der Waals surface area contributed by atoms with Gasteiger partial charge in [-0.15, -0.1) is 0 Å². The van der Waals surface area contributed by atoms with Crippen molar-refractivity contribution in [3.63, 3.8) is 0 Å². The summed E-state index contributed by atoms with van der Waals surface area (Å²) in [6, 6.07) is 13.6. The lowest BCUT2D eigenvalue weighted by atomic mass is 10.2. The van der Waals surface area contributed by atoms with Crippen molar-refractivity contribution in [2.24, 2.45) is 0 Å². The summed E-state index contributed by atoms with van der Waals surface area (Å²) in [4.78, 5) is 21.5. The average Bonchev–Trinajstić information content (AvgIpc) is 3.29. The number of aryl methyl sites for hydroxylation is 3. The molecule has 2 aromatic carbocycles. The van der Waals surface area contributed by atoms with Crippen LogP contribution in [0.1, 0.15) is 24.0 Å². The molecule has 1 N–H and O–H groups in total. The van der Waals surface area contributed by atoms with Crippen molar-refractivity contribution in [3.05, 3.63) is 59.5 Å². The number of carbonyl (C=O) groups is 1. The zero-order valence-corrected chi connectivity index (χ0v) is 18.7. The van der Waals surface area contributed by atoms with Crippen LogP contribution in [-0.4, -0.2) is 27.7 Å². The maximum atomic E-state index is 12.4. The Morgan fingerprint density at radius 3 is 2.74 bits per heavy atom. The van der Waals surface area contributed by atoms with E-state index in [0.717, 1.165) is 51.0 Å². The number of methoxy groups -OCH3 is 1. The Morgan fingerprint density at radius 2 is 1.97 bits per heavy atom. The maximum Gasteiger partial charge on any atom is 0.412 e. The fourth-order valence-electron chi connectivity index (χ4n) is 3.51. The Hall–Kier alpha value is -3.39. The summed E-state index contributed by atoms with van der Waals surface area (Å²) >= 11 is 1.39. The third-order valence-electron chi connectivity index (χ3n) is 5.04. The van der Waals surface area contributed by atoms with Gasteiger partial charge in [0.1, 0.15) is 28.2 Å². The summed E-state index contributed by atoms with van der Waals surface area (Å²) in [7, 11) is 1.63. The molecule has 2 aromatic heterocycles. The second-order valence-electron chi connectivity index (χ2n) is 7.06. The molecule has 0 bridgehead atoms. The van der Waals surface area contributed by atoms with E-state index in [0.29, 0.717) is 5.00 Å². The molecule has 0 saturated carbocycles. The molecule has 0 saturated heterocycles. The van der Waals surface area contributed by atoms with Crippen LogP contribution in [0.25, 0.3) is 21.6 Å². The first-order valence-corrected chi connectivity index (χ1v) is 10.8. The van der Waals surface area contributed by atoms with Crippen LogP contribution in [0.15, 0.2) is 42.5 Å². The van der Waals surface area contributed by atoms with E-state index in [1.165, 1.54) is 11.3 Å². The van der Waals surface area contributed by atoms with Crippen molar-refractivity contribution >= 4 is 33.5 Å². The Kier molecular flexibility index (Phi) is 5.90. The second kappa shape index (κ2) is 8.77. The minimum Gasteiger partial charge on any atom is -0.496 e. The van der Waals surface area contributed by atoms with Crippen LogP contribution in [0.5, 0.6) is 5.75 Å². The molecule has 8 heteroatoms. The van der Waals surface area contributed by atoms with E-state index in [2.05, 4.69) is 26.8 Å². The maximum absolute atomic E-state index is 12.4. The largest absolute Gasteiger partial charge is 0.496 e. The number of hydrogen-bond acceptors (Lipinski definition) is 6. The molecule has 0 spiro atoms. The lowest BCUT2D eigenvalue weighted by Crippen LogP contribution is -2.13. The number of fused-ring (bicyclic) bond motifs is 1. The highest BCUT2D eigenvalue weighted by Gasteiger charge is 2.15. The molecule has 4 rings (SSSR count). The Morgan fingerprint density at radius 1 is 1.16 bits per heavy atom. The number of amides is 1. The normalized spacial score (nSPS) is 11.0. The molecule has 160 valence electrons. The highest BCUT2D eigenvalue weighted by Crippen LogP contribution is 2.36. The zero-order valence-electron chi connectivity index (χ0n) is 17.9. The Labute approximate surface area is 184 Å². The predicted octanol–water partition coefficient (Wildman–Crippen LogP) is 5.55. The van der Waals surface area contributed by atoms with E-state index in [9.17, 15) is 4.79 Å². The molecular weight excluding hydrogens is 412 g/mol. The van der Waals surface area contributed by atoms with Crippen LogP contribution < -0.4 is 10.1 Å². The van der Waals surface area contributed by atoms with E-state index >= 15 is 0 Å². The highest BCUT2D eigenvalue weighted by molar-refractivity contribution is 7.19. The number of ether oxygens (including phenoxy) is 2. The lowest BCUT2D eigenvalue weighted by Gasteiger charge is -2.07. The van der Waals surface area contributed by atoms with Gasteiger partial charge in [0.15, 0.2) is 0 Å². The summed E-state index contributed by atoms with van der Waals surface area (Å²) < 4.78 is 13.0. The zero-order chi connectivity index (χ0) is 22.0. The Balaban J connectivity index is 1.44. The van der Waals surface area contributed by atoms with E-state index in [1.54, 1.807) is 7.11 Å². The molecule has 0 aliphatic heterocycles. The number of thiazole rings is 1. The first-order chi connectivity index (χ1) is 15.0. The number of benzene rings is 2. The molecule has 0 aliphatic rings. The van der Waals surface area contributed by atoms with Crippen LogP contribution in [0, 0.1) is 13.8 Å². The van der Waals surface area contributed by atoms with Gasteiger partial charge in [0.25, 0.3) is 0 Å². The number of rotatable bonds is 6. The fraction of sp³-hybridized carbons (Fsp3) is 0.261. The lowest BCUT2D eigenvalue weighted by molar-refractivity contribution is 0.155. The van der Waals surface area contributed by atoms with Gasteiger partial charge in [-0.05, 0) is 50.6 Å². The Bertz CT molecular complexity index is 1250. The van der Waals surface area contributed by atoms with E-state index in [-0.39, 0.29) is 6.61 Å². The van der Waals surface area contributed by atoms with Gasteiger partial charge in [-0.25, -0.2) is 14.8 Å². The van der Waals surface area contributed by atoms with Gasteiger partial charge >= 0.3 is 6.09 Å². The van der Waals surface area contributed by atoms with Gasteiger partial charge < -0.3 is 14.0 Å². The van der Waals surface area contributed by atoms with Crippen molar-refractivity contribution in [3.8, 4) is 16.3 Å². The minimum atomic E-state index is -0.520. The number of nitrogens with zero attached hydrogens (tertiary/aromatic N) is 3. The average molecular weight is 437 g/mol. The molecule has 1 amide bonds. The number of nitrogens with one attached hydrogen (secondary N) is 1. The van der Waals surface area contributed by atoms with Crippen molar-refractivity contribution in [2.75, 3.05) is 12.4 Å². The van der Waals surface area contributed by atoms with Crippen molar-refractivity contribution in [1.82, 2.24) is 14.5 Å². The number of anilines is 1. The van der Waals surface area contributed by atoms with Gasteiger partial charge in [-0.3, -0.25) is 5.32 Å². The minimum absolute atomic E-state index is 0.164. The predicted molar refractivity (Wildman–Crippen MR) is 123 cm³/mol. The van der Waals surface area contributed by atoms with Crippen molar-refractivity contribution in [2.45, 2.75) is 33.9 Å². The molecule has 0 unspecified atom stereocenters. The molecular formula is C23H24N4O3S. The van der Waals surface area contributed by atoms with Gasteiger partial charge in [0.05, 0.1) is 29.4 Å². The van der Waals surface area contributed by atoms with E-state index in [4.69, 9.17) is 9.47 Å². The van der Waals surface area contributed by atoms with Gasteiger partial charge in [-0.2, -0.15) is 0 Å². The topological polar surface area (TPSA) is 78.3 Å². The molecule has 0 atom stereocenters. The summed E-state index contributed by atoms with van der Waals surface area (Å²) in [6.45, 7) is 6.97. The summed E-state index contributed by atoms with van der Waals surface area (Å²) in [6.07, 6.45) is -0.520. The molecule has 4 aromatic rings. The molecule has 0 radical (unpaired) electrons. The molecule has 0 aliphatic carbocycles. The smallest absolute Gasteiger partial charge is 0.412 e. The van der Waals surface area contributed by atoms with Crippen molar-refractivity contribution < 1.29 is 14.3 Å². The number of carbonyl (C=O) groups excluding carboxylic acids is 1. The summed E-state index contributed by atoms with van der Waals surface area (Å²) in [5.74, 6) is 1.71. The summed E-state index contributed by atoms with van der Waals surface area (Å²) in [5, 5.41) is 4.23. The molecule has 31 heavy (non-hydrogen) atoms. The monoisotopic (exact) mass is 436 g/mol. The molecule has 7 nitrogen and oxygen atoms in total. The number of hydrogen-bond donors (Lipinski definition) is 1. The van der Waals surface area contributed by atoms with Crippen molar-refractivity contribution in [1.29, 1.82) is 0 Å². The summed E-state index contributed by atoms with van der Waals surface area (Å²) in [5.41, 5.74) is 4.48. The van der Waals surface area contributed by atoms with Crippen LogP contribution in [0.3, 0.4) is 0 Å². The quantitative estimate of drug-likeness (QED) is 0.428. The third-order valence-corrected chi connectivity index (χ3v) is 6.15. The SMILES string of the molecule is CCn1c(C)nc2cc(COC(=O)Nc3sc(-c4ccccc4OC)nc3C)ccc21. The van der Waals surface area contributed by atoms with Crippen LogP contribution in [-0.2, 0) is 17.9 Å². The number of aromatic nitrogens is 3. The number of imidazole rings is 1. The van der Waals surface area contributed by atoms with Gasteiger partial charge in [0.2, 0.25) is 0 Å². The molecule has 0 fully saturated rings.